The number of piperazine rings is 1. The zero-order valence-corrected chi connectivity index (χ0v) is 11.0. The molecule has 0 saturated carbocycles. The van der Waals surface area contributed by atoms with Crippen LogP contribution >= 0.6 is 0 Å². The van der Waals surface area contributed by atoms with Crippen LogP contribution in [0.15, 0.2) is 18.7 Å². The van der Waals surface area contributed by atoms with Crippen LogP contribution in [-0.4, -0.2) is 68.3 Å². The van der Waals surface area contributed by atoms with Crippen molar-refractivity contribution in [2.45, 2.75) is 6.42 Å². The van der Waals surface area contributed by atoms with Gasteiger partial charge in [0.1, 0.15) is 6.33 Å². The van der Waals surface area contributed by atoms with Crippen molar-refractivity contribution in [2.24, 2.45) is 0 Å². The van der Waals surface area contributed by atoms with E-state index in [1.165, 1.54) is 0 Å². The molecule has 0 unspecified atom stereocenters. The van der Waals surface area contributed by atoms with Gasteiger partial charge in [0.25, 0.3) is 0 Å². The molecule has 2 aromatic rings. The molecule has 0 amide bonds. The second-order valence-electron chi connectivity index (χ2n) is 4.79. The summed E-state index contributed by atoms with van der Waals surface area (Å²) in [4.78, 5) is 19.3. The van der Waals surface area contributed by atoms with E-state index in [4.69, 9.17) is 5.11 Å². The number of carboxylic acids is 1. The van der Waals surface area contributed by atoms with Crippen molar-refractivity contribution in [3.05, 3.63) is 18.7 Å². The Kier molecular flexibility index (Phi) is 3.46. The molecular weight excluding hydrogens is 260 g/mol. The number of fused-ring (bicyclic) bond motifs is 1. The van der Waals surface area contributed by atoms with Crippen LogP contribution in [0, 0.1) is 0 Å². The van der Waals surface area contributed by atoms with E-state index in [0.29, 0.717) is 6.54 Å². The third-order valence-corrected chi connectivity index (χ3v) is 3.51. The minimum absolute atomic E-state index is 0.192. The van der Waals surface area contributed by atoms with E-state index in [2.05, 4.69) is 25.0 Å². The van der Waals surface area contributed by atoms with Crippen LogP contribution in [0.3, 0.4) is 0 Å². The molecule has 0 spiro atoms. The van der Waals surface area contributed by atoms with Gasteiger partial charge in [0, 0.05) is 45.1 Å². The van der Waals surface area contributed by atoms with Crippen LogP contribution in [0.25, 0.3) is 5.65 Å². The minimum Gasteiger partial charge on any atom is -0.481 e. The van der Waals surface area contributed by atoms with Crippen LogP contribution in [0.5, 0.6) is 0 Å². The van der Waals surface area contributed by atoms with E-state index in [1.54, 1.807) is 12.5 Å². The zero-order valence-electron chi connectivity index (χ0n) is 11.0. The molecule has 3 heterocycles. The fraction of sp³-hybridized carbons (Fsp3) is 0.500. The van der Waals surface area contributed by atoms with Gasteiger partial charge < -0.3 is 10.0 Å². The normalized spacial score (nSPS) is 16.7. The lowest BCUT2D eigenvalue weighted by Crippen LogP contribution is -2.47. The largest absolute Gasteiger partial charge is 0.481 e. The summed E-state index contributed by atoms with van der Waals surface area (Å²) in [5, 5.41) is 16.7. The first kappa shape index (κ1) is 12.8. The molecule has 8 heteroatoms. The Morgan fingerprint density at radius 1 is 1.30 bits per heavy atom. The number of anilines is 1. The number of aromatic nitrogens is 4. The Morgan fingerprint density at radius 2 is 2.10 bits per heavy atom. The molecule has 0 aliphatic carbocycles. The smallest absolute Gasteiger partial charge is 0.304 e. The molecule has 0 bridgehead atoms. The third kappa shape index (κ3) is 2.55. The fourth-order valence-electron chi connectivity index (χ4n) is 2.41. The molecular formula is C12H16N6O2. The molecule has 0 atom stereocenters. The Balaban J connectivity index is 1.66. The SMILES string of the molecule is O=C(O)CCN1CCN(c2nccn3cnnc23)CC1. The summed E-state index contributed by atoms with van der Waals surface area (Å²) >= 11 is 0. The van der Waals surface area contributed by atoms with Crippen LogP contribution in [0.2, 0.25) is 0 Å². The molecule has 1 aliphatic rings. The summed E-state index contributed by atoms with van der Waals surface area (Å²) < 4.78 is 1.85. The highest BCUT2D eigenvalue weighted by atomic mass is 16.4. The van der Waals surface area contributed by atoms with Gasteiger partial charge in [0.05, 0.1) is 6.42 Å². The fourth-order valence-corrected chi connectivity index (χ4v) is 2.41. The first-order chi connectivity index (χ1) is 9.74. The van der Waals surface area contributed by atoms with Crippen LogP contribution < -0.4 is 4.90 Å². The van der Waals surface area contributed by atoms with Gasteiger partial charge >= 0.3 is 5.97 Å². The summed E-state index contributed by atoms with van der Waals surface area (Å²) in [5.74, 6) is 0.0882. The molecule has 3 rings (SSSR count). The van der Waals surface area contributed by atoms with Gasteiger partial charge in [-0.1, -0.05) is 0 Å². The van der Waals surface area contributed by atoms with Crippen molar-refractivity contribution in [1.29, 1.82) is 0 Å². The van der Waals surface area contributed by atoms with E-state index in [-0.39, 0.29) is 6.42 Å². The van der Waals surface area contributed by atoms with E-state index >= 15 is 0 Å². The number of rotatable bonds is 4. The number of hydrogen-bond donors (Lipinski definition) is 1. The van der Waals surface area contributed by atoms with E-state index in [1.807, 2.05) is 10.6 Å². The summed E-state index contributed by atoms with van der Waals surface area (Å²) in [6, 6.07) is 0. The maximum Gasteiger partial charge on any atom is 0.304 e. The summed E-state index contributed by atoms with van der Waals surface area (Å²) in [7, 11) is 0. The number of carbonyl (C=O) groups is 1. The molecule has 1 aliphatic heterocycles. The van der Waals surface area contributed by atoms with Gasteiger partial charge in [-0.3, -0.25) is 14.1 Å². The van der Waals surface area contributed by atoms with Gasteiger partial charge in [-0.15, -0.1) is 10.2 Å². The molecule has 1 N–H and O–H groups in total. The van der Waals surface area contributed by atoms with E-state index in [0.717, 1.165) is 37.6 Å². The predicted molar refractivity (Wildman–Crippen MR) is 71.7 cm³/mol. The number of carboxylic acid groups (broad SMARTS) is 1. The molecule has 106 valence electrons. The molecule has 1 saturated heterocycles. The van der Waals surface area contributed by atoms with Gasteiger partial charge in [-0.05, 0) is 0 Å². The second kappa shape index (κ2) is 5.41. The van der Waals surface area contributed by atoms with Crippen molar-refractivity contribution < 1.29 is 9.90 Å². The third-order valence-electron chi connectivity index (χ3n) is 3.51. The Hall–Kier alpha value is -2.22. The summed E-state index contributed by atoms with van der Waals surface area (Å²) in [6.07, 6.45) is 5.41. The number of aliphatic carboxylic acids is 1. The molecule has 20 heavy (non-hydrogen) atoms. The zero-order chi connectivity index (χ0) is 13.9. The van der Waals surface area contributed by atoms with Crippen LogP contribution in [-0.2, 0) is 4.79 Å². The van der Waals surface area contributed by atoms with Crippen molar-refractivity contribution in [2.75, 3.05) is 37.6 Å². The van der Waals surface area contributed by atoms with Crippen molar-refractivity contribution in [3.63, 3.8) is 0 Å². The van der Waals surface area contributed by atoms with E-state index < -0.39 is 5.97 Å². The monoisotopic (exact) mass is 276 g/mol. The van der Waals surface area contributed by atoms with Crippen molar-refractivity contribution in [1.82, 2.24) is 24.5 Å². The molecule has 0 aromatic carbocycles. The standard InChI is InChI=1S/C12H16N6O2/c19-10(20)1-3-16-5-7-17(8-6-16)11-12-15-14-9-18(12)4-2-13-11/h2,4,9H,1,3,5-8H2,(H,19,20). The highest BCUT2D eigenvalue weighted by molar-refractivity contribution is 5.67. The number of nitrogens with zero attached hydrogens (tertiary/aromatic N) is 6. The molecule has 8 nitrogen and oxygen atoms in total. The van der Waals surface area contributed by atoms with Crippen molar-refractivity contribution >= 4 is 17.4 Å². The molecule has 2 aromatic heterocycles. The highest BCUT2D eigenvalue weighted by Gasteiger charge is 2.20. The minimum atomic E-state index is -0.748. The lowest BCUT2D eigenvalue weighted by Gasteiger charge is -2.35. The van der Waals surface area contributed by atoms with Gasteiger partial charge in [-0.2, -0.15) is 0 Å². The second-order valence-corrected chi connectivity index (χ2v) is 4.79. The Bertz CT molecular complexity index is 605. The molecule has 1 fully saturated rings. The maximum atomic E-state index is 10.6. The first-order valence-corrected chi connectivity index (χ1v) is 6.57. The number of hydrogen-bond acceptors (Lipinski definition) is 6. The Morgan fingerprint density at radius 3 is 2.85 bits per heavy atom. The highest BCUT2D eigenvalue weighted by Crippen LogP contribution is 2.17. The predicted octanol–water partition coefficient (Wildman–Crippen LogP) is -0.279. The quantitative estimate of drug-likeness (QED) is 0.821. The van der Waals surface area contributed by atoms with Crippen molar-refractivity contribution in [3.8, 4) is 0 Å². The topological polar surface area (TPSA) is 86.9 Å². The first-order valence-electron chi connectivity index (χ1n) is 6.57. The van der Waals surface area contributed by atoms with Crippen LogP contribution in [0.1, 0.15) is 6.42 Å². The Labute approximate surface area is 115 Å². The lowest BCUT2D eigenvalue weighted by atomic mass is 10.3. The summed E-state index contributed by atoms with van der Waals surface area (Å²) in [5.41, 5.74) is 0.756. The molecule has 0 radical (unpaired) electrons. The average Bonchev–Trinajstić information content (AvgIpc) is 2.94. The lowest BCUT2D eigenvalue weighted by molar-refractivity contribution is -0.137. The van der Waals surface area contributed by atoms with E-state index in [9.17, 15) is 4.79 Å². The maximum absolute atomic E-state index is 10.6. The van der Waals surface area contributed by atoms with Gasteiger partial charge in [0.15, 0.2) is 5.82 Å². The summed E-state index contributed by atoms with van der Waals surface area (Å²) in [6.45, 7) is 3.92. The van der Waals surface area contributed by atoms with Crippen LogP contribution in [0.4, 0.5) is 5.82 Å². The average molecular weight is 276 g/mol. The van der Waals surface area contributed by atoms with Gasteiger partial charge in [-0.25, -0.2) is 4.98 Å². The van der Waals surface area contributed by atoms with Gasteiger partial charge in [0.2, 0.25) is 5.65 Å².